The van der Waals surface area contributed by atoms with Crippen molar-refractivity contribution in [2.45, 2.75) is 57.9 Å². The van der Waals surface area contributed by atoms with Crippen molar-refractivity contribution < 1.29 is 14.3 Å². The number of hydrogen-bond donors (Lipinski definition) is 1. The van der Waals surface area contributed by atoms with Crippen molar-refractivity contribution in [1.82, 2.24) is 10.2 Å². The minimum atomic E-state index is -0.0263. The fourth-order valence-corrected chi connectivity index (χ4v) is 3.62. The monoisotopic (exact) mass is 402 g/mol. The Bertz CT molecular complexity index is 650. The van der Waals surface area contributed by atoms with Crippen LogP contribution in [0.2, 0.25) is 0 Å². The van der Waals surface area contributed by atoms with E-state index in [1.54, 1.807) is 13.2 Å². The lowest BCUT2D eigenvalue weighted by Gasteiger charge is -2.26. The molecule has 1 saturated carbocycles. The van der Waals surface area contributed by atoms with Crippen LogP contribution in [0, 0.1) is 5.92 Å². The van der Waals surface area contributed by atoms with Crippen LogP contribution >= 0.6 is 0 Å². The first kappa shape index (κ1) is 23.3. The van der Waals surface area contributed by atoms with Gasteiger partial charge in [-0.25, -0.2) is 0 Å². The molecular formula is C24H38N2O3. The second kappa shape index (κ2) is 12.5. The number of methoxy groups -OCH3 is 1. The Morgan fingerprint density at radius 2 is 1.90 bits per heavy atom. The first-order valence-corrected chi connectivity index (χ1v) is 10.9. The van der Waals surface area contributed by atoms with E-state index in [0.717, 1.165) is 49.5 Å². The summed E-state index contributed by atoms with van der Waals surface area (Å²) >= 11 is 0. The number of amides is 1. The van der Waals surface area contributed by atoms with Gasteiger partial charge in [-0.2, -0.15) is 0 Å². The summed E-state index contributed by atoms with van der Waals surface area (Å²) in [5, 5.41) is 3.12. The molecule has 1 fully saturated rings. The molecule has 0 radical (unpaired) electrons. The zero-order chi connectivity index (χ0) is 21.1. The maximum absolute atomic E-state index is 12.2. The second-order valence-electron chi connectivity index (χ2n) is 8.42. The molecule has 5 heteroatoms. The van der Waals surface area contributed by atoms with Gasteiger partial charge in [-0.15, -0.1) is 0 Å². The fraction of sp³-hybridized carbons (Fsp3) is 0.625. The normalized spacial score (nSPS) is 19.5. The zero-order valence-corrected chi connectivity index (χ0v) is 18.6. The minimum Gasteiger partial charge on any atom is -0.493 e. The van der Waals surface area contributed by atoms with Gasteiger partial charge < -0.3 is 19.7 Å². The molecule has 0 aromatic heterocycles. The molecule has 0 bridgehead atoms. The first-order valence-electron chi connectivity index (χ1n) is 10.9. The lowest BCUT2D eigenvalue weighted by molar-refractivity contribution is -0.117. The van der Waals surface area contributed by atoms with E-state index < -0.39 is 0 Å². The van der Waals surface area contributed by atoms with Crippen molar-refractivity contribution in [1.29, 1.82) is 0 Å². The number of hydrogen-bond acceptors (Lipinski definition) is 4. The van der Waals surface area contributed by atoms with Crippen LogP contribution in [-0.2, 0) is 4.79 Å². The van der Waals surface area contributed by atoms with Crippen molar-refractivity contribution in [3.63, 3.8) is 0 Å². The van der Waals surface area contributed by atoms with Gasteiger partial charge in [0.1, 0.15) is 0 Å². The molecule has 0 unspecified atom stereocenters. The molecule has 1 N–H and O–H groups in total. The van der Waals surface area contributed by atoms with E-state index in [1.807, 2.05) is 24.3 Å². The fourth-order valence-electron chi connectivity index (χ4n) is 3.62. The molecule has 0 saturated heterocycles. The summed E-state index contributed by atoms with van der Waals surface area (Å²) < 4.78 is 11.4. The largest absolute Gasteiger partial charge is 0.493 e. The van der Waals surface area contributed by atoms with Gasteiger partial charge in [-0.3, -0.25) is 4.79 Å². The smallest absolute Gasteiger partial charge is 0.244 e. The first-order chi connectivity index (χ1) is 14.0. The van der Waals surface area contributed by atoms with E-state index >= 15 is 0 Å². The van der Waals surface area contributed by atoms with E-state index in [4.69, 9.17) is 9.47 Å². The van der Waals surface area contributed by atoms with Crippen LogP contribution in [-0.4, -0.2) is 51.2 Å². The molecule has 1 aliphatic rings. The zero-order valence-electron chi connectivity index (χ0n) is 18.6. The quantitative estimate of drug-likeness (QED) is 0.437. The van der Waals surface area contributed by atoms with Gasteiger partial charge in [0.25, 0.3) is 0 Å². The molecule has 1 amide bonds. The molecule has 5 nitrogen and oxygen atoms in total. The molecular weight excluding hydrogens is 364 g/mol. The third kappa shape index (κ3) is 8.90. The van der Waals surface area contributed by atoms with E-state index in [0.29, 0.717) is 18.4 Å². The molecule has 162 valence electrons. The molecule has 1 aromatic rings. The van der Waals surface area contributed by atoms with Gasteiger partial charge >= 0.3 is 0 Å². The van der Waals surface area contributed by atoms with Crippen molar-refractivity contribution >= 4 is 12.0 Å². The number of benzene rings is 1. The van der Waals surface area contributed by atoms with Gasteiger partial charge in [-0.1, -0.05) is 13.0 Å². The van der Waals surface area contributed by atoms with E-state index in [9.17, 15) is 4.79 Å². The number of carbonyl (C=O) groups is 1. The molecule has 0 atom stereocenters. The van der Waals surface area contributed by atoms with E-state index in [1.165, 1.54) is 19.3 Å². The number of ether oxygens (including phenoxy) is 2. The lowest BCUT2D eigenvalue weighted by Crippen LogP contribution is -2.36. The molecule has 1 aliphatic carbocycles. The number of unbranched alkanes of at least 4 members (excludes halogenated alkanes) is 2. The average Bonchev–Trinajstić information content (AvgIpc) is 2.71. The summed E-state index contributed by atoms with van der Waals surface area (Å²) in [7, 11) is 5.83. The summed E-state index contributed by atoms with van der Waals surface area (Å²) in [6, 6.07) is 6.09. The highest BCUT2D eigenvalue weighted by Crippen LogP contribution is 2.29. The van der Waals surface area contributed by atoms with Crippen molar-refractivity contribution in [2.24, 2.45) is 5.92 Å². The highest BCUT2D eigenvalue weighted by atomic mass is 16.5. The van der Waals surface area contributed by atoms with Crippen molar-refractivity contribution in [3.05, 3.63) is 29.8 Å². The van der Waals surface area contributed by atoms with Crippen LogP contribution in [0.1, 0.15) is 57.4 Å². The maximum Gasteiger partial charge on any atom is 0.244 e. The Morgan fingerprint density at radius 3 is 2.59 bits per heavy atom. The number of nitrogens with zero attached hydrogens (tertiary/aromatic N) is 1. The Morgan fingerprint density at radius 1 is 1.14 bits per heavy atom. The van der Waals surface area contributed by atoms with Crippen LogP contribution in [0.25, 0.3) is 6.08 Å². The molecule has 1 aromatic carbocycles. The highest BCUT2D eigenvalue weighted by Gasteiger charge is 2.18. The van der Waals surface area contributed by atoms with Crippen LogP contribution in [0.15, 0.2) is 24.3 Å². The molecule has 0 aliphatic heterocycles. The standard InChI is InChI=1S/C24H38N2O3/c1-19-8-12-21(13-9-19)25-24(27)15-11-20-10-14-22(23(18-20)28-4)29-17-7-5-6-16-26(2)3/h10-11,14-15,18-19,21H,5-9,12-13,16-17H2,1-4H3,(H,25,27)/t19-,21-. The molecule has 2 rings (SSSR count). The van der Waals surface area contributed by atoms with Gasteiger partial charge in [0.2, 0.25) is 5.91 Å². The van der Waals surface area contributed by atoms with Gasteiger partial charge in [-0.05, 0) is 95.3 Å². The number of carbonyl (C=O) groups excluding carboxylic acids is 1. The third-order valence-corrected chi connectivity index (χ3v) is 5.48. The Hall–Kier alpha value is -2.01. The summed E-state index contributed by atoms with van der Waals surface area (Å²) in [5.74, 6) is 2.20. The topological polar surface area (TPSA) is 50.8 Å². The number of rotatable bonds is 11. The van der Waals surface area contributed by atoms with Gasteiger partial charge in [0, 0.05) is 12.1 Å². The van der Waals surface area contributed by atoms with Crippen molar-refractivity contribution in [2.75, 3.05) is 34.4 Å². The third-order valence-electron chi connectivity index (χ3n) is 5.48. The average molecular weight is 403 g/mol. The maximum atomic E-state index is 12.2. The van der Waals surface area contributed by atoms with E-state index in [-0.39, 0.29) is 5.91 Å². The predicted octanol–water partition coefficient (Wildman–Crippen LogP) is 4.51. The van der Waals surface area contributed by atoms with Gasteiger partial charge in [0.05, 0.1) is 13.7 Å². The van der Waals surface area contributed by atoms with Crippen LogP contribution < -0.4 is 14.8 Å². The molecule has 0 spiro atoms. The summed E-state index contributed by atoms with van der Waals surface area (Å²) in [6.45, 7) is 4.07. The van der Waals surface area contributed by atoms with Crippen molar-refractivity contribution in [3.8, 4) is 11.5 Å². The summed E-state index contributed by atoms with van der Waals surface area (Å²) in [5.41, 5.74) is 0.924. The minimum absolute atomic E-state index is 0.0263. The SMILES string of the molecule is COc1cc(C=CC(=O)N[C@H]2CC[C@H](C)CC2)ccc1OCCCCCN(C)C. The van der Waals surface area contributed by atoms with Crippen LogP contribution in [0.5, 0.6) is 11.5 Å². The lowest BCUT2D eigenvalue weighted by atomic mass is 9.87. The second-order valence-corrected chi connectivity index (χ2v) is 8.42. The predicted molar refractivity (Wildman–Crippen MR) is 119 cm³/mol. The van der Waals surface area contributed by atoms with E-state index in [2.05, 4.69) is 31.2 Å². The Labute approximate surface area is 176 Å². The Balaban J connectivity index is 1.79. The van der Waals surface area contributed by atoms with Gasteiger partial charge in [0.15, 0.2) is 11.5 Å². The molecule has 0 heterocycles. The summed E-state index contributed by atoms with van der Waals surface area (Å²) in [4.78, 5) is 14.4. The van der Waals surface area contributed by atoms with Crippen LogP contribution in [0.3, 0.4) is 0 Å². The van der Waals surface area contributed by atoms with Crippen LogP contribution in [0.4, 0.5) is 0 Å². The number of nitrogens with one attached hydrogen (secondary N) is 1. The Kier molecular flexibility index (Phi) is 10.1. The highest BCUT2D eigenvalue weighted by molar-refractivity contribution is 5.92. The molecule has 29 heavy (non-hydrogen) atoms. The summed E-state index contributed by atoms with van der Waals surface area (Å²) in [6.07, 6.45) is 11.3.